The molecule has 0 N–H and O–H groups in total. The van der Waals surface area contributed by atoms with Crippen LogP contribution in [0, 0.1) is 12.8 Å². The summed E-state index contributed by atoms with van der Waals surface area (Å²) in [5.74, 6) is 1.39. The molecule has 1 aliphatic heterocycles. The van der Waals surface area contributed by atoms with E-state index in [1.54, 1.807) is 4.68 Å². The summed E-state index contributed by atoms with van der Waals surface area (Å²) in [6.45, 7) is 5.13. The van der Waals surface area contributed by atoms with Crippen LogP contribution in [0.2, 0.25) is 5.15 Å². The second kappa shape index (κ2) is 5.59. The van der Waals surface area contributed by atoms with Gasteiger partial charge in [0, 0.05) is 31.6 Å². The molecule has 0 radical (unpaired) electrons. The summed E-state index contributed by atoms with van der Waals surface area (Å²) >= 11 is 12.2. The average molecular weight is 276 g/mol. The highest BCUT2D eigenvalue weighted by atomic mass is 35.5. The second-order valence-electron chi connectivity index (χ2n) is 4.88. The Kier molecular flexibility index (Phi) is 4.34. The van der Waals surface area contributed by atoms with Gasteiger partial charge in [0.1, 0.15) is 5.15 Å². The number of alkyl halides is 1. The molecule has 0 bridgehead atoms. The fourth-order valence-corrected chi connectivity index (χ4v) is 2.98. The zero-order valence-electron chi connectivity index (χ0n) is 10.4. The van der Waals surface area contributed by atoms with Crippen molar-refractivity contribution in [3.8, 4) is 0 Å². The van der Waals surface area contributed by atoms with Gasteiger partial charge in [-0.15, -0.1) is 11.6 Å². The van der Waals surface area contributed by atoms with E-state index < -0.39 is 0 Å². The molecular formula is C12H19Cl2N3. The van der Waals surface area contributed by atoms with Crippen molar-refractivity contribution in [2.45, 2.75) is 26.3 Å². The summed E-state index contributed by atoms with van der Waals surface area (Å²) in [5.41, 5.74) is 2.19. The Bertz CT molecular complexity index is 389. The highest BCUT2D eigenvalue weighted by Gasteiger charge is 2.21. The number of hydrogen-bond acceptors (Lipinski definition) is 2. The van der Waals surface area contributed by atoms with Gasteiger partial charge >= 0.3 is 0 Å². The van der Waals surface area contributed by atoms with E-state index in [2.05, 4.69) is 10.00 Å². The van der Waals surface area contributed by atoms with Crippen LogP contribution in [0.3, 0.4) is 0 Å². The van der Waals surface area contributed by atoms with Gasteiger partial charge in [-0.1, -0.05) is 11.6 Å². The van der Waals surface area contributed by atoms with Gasteiger partial charge in [-0.3, -0.25) is 9.58 Å². The third-order valence-electron chi connectivity index (χ3n) is 3.47. The van der Waals surface area contributed by atoms with Crippen molar-refractivity contribution in [3.63, 3.8) is 0 Å². The standard InChI is InChI=1S/C12H19Cl2N3/c1-9-11(12(14)16(2)15-9)8-17-5-3-4-10(6-13)7-17/h10H,3-8H2,1-2H3. The van der Waals surface area contributed by atoms with Gasteiger partial charge in [-0.05, 0) is 32.2 Å². The first-order valence-corrected chi connectivity index (χ1v) is 6.99. The molecule has 1 saturated heterocycles. The van der Waals surface area contributed by atoms with Crippen LogP contribution in [0.4, 0.5) is 0 Å². The molecule has 2 rings (SSSR count). The molecule has 3 nitrogen and oxygen atoms in total. The third-order valence-corrected chi connectivity index (χ3v) is 4.38. The summed E-state index contributed by atoms with van der Waals surface area (Å²) in [5, 5.41) is 5.11. The van der Waals surface area contributed by atoms with Crippen LogP contribution in [-0.2, 0) is 13.6 Å². The van der Waals surface area contributed by atoms with E-state index in [1.807, 2.05) is 14.0 Å². The first kappa shape index (κ1) is 13.2. The normalized spacial score (nSPS) is 22.0. The Balaban J connectivity index is 2.05. The summed E-state index contributed by atoms with van der Waals surface area (Å²) in [6, 6.07) is 0. The predicted molar refractivity (Wildman–Crippen MR) is 71.7 cm³/mol. The van der Waals surface area contributed by atoms with Gasteiger partial charge in [0.2, 0.25) is 0 Å². The molecule has 0 amide bonds. The number of halogens is 2. The molecule has 96 valence electrons. The third kappa shape index (κ3) is 2.95. The SMILES string of the molecule is Cc1nn(C)c(Cl)c1CN1CCCC(CCl)C1. The van der Waals surface area contributed by atoms with Crippen molar-refractivity contribution >= 4 is 23.2 Å². The number of rotatable bonds is 3. The largest absolute Gasteiger partial charge is 0.299 e. The van der Waals surface area contributed by atoms with Crippen molar-refractivity contribution in [1.29, 1.82) is 0 Å². The minimum Gasteiger partial charge on any atom is -0.299 e. The topological polar surface area (TPSA) is 21.1 Å². The Morgan fingerprint density at radius 3 is 2.82 bits per heavy atom. The predicted octanol–water partition coefficient (Wildman–Crippen LogP) is 2.83. The van der Waals surface area contributed by atoms with E-state index in [0.29, 0.717) is 5.92 Å². The monoisotopic (exact) mass is 275 g/mol. The lowest BCUT2D eigenvalue weighted by atomic mass is 9.99. The molecule has 1 aliphatic rings. The van der Waals surface area contributed by atoms with Gasteiger partial charge in [0.05, 0.1) is 5.69 Å². The fourth-order valence-electron chi connectivity index (χ4n) is 2.50. The quantitative estimate of drug-likeness (QED) is 0.791. The first-order valence-electron chi connectivity index (χ1n) is 6.08. The first-order chi connectivity index (χ1) is 8.11. The number of aromatic nitrogens is 2. The number of aryl methyl sites for hydroxylation is 2. The van der Waals surface area contributed by atoms with Crippen molar-refractivity contribution < 1.29 is 0 Å². The van der Waals surface area contributed by atoms with Gasteiger partial charge < -0.3 is 0 Å². The van der Waals surface area contributed by atoms with Crippen molar-refractivity contribution in [1.82, 2.24) is 14.7 Å². The highest BCUT2D eigenvalue weighted by Crippen LogP contribution is 2.24. The summed E-state index contributed by atoms with van der Waals surface area (Å²) in [6.07, 6.45) is 2.48. The molecule has 1 atom stereocenters. The Hall–Kier alpha value is -0.250. The average Bonchev–Trinajstić information content (AvgIpc) is 2.56. The van der Waals surface area contributed by atoms with E-state index in [1.165, 1.54) is 12.8 Å². The maximum absolute atomic E-state index is 6.25. The maximum atomic E-state index is 6.25. The Morgan fingerprint density at radius 2 is 2.24 bits per heavy atom. The Labute approximate surface area is 113 Å². The fraction of sp³-hybridized carbons (Fsp3) is 0.750. The molecule has 1 aromatic rings. The van der Waals surface area contributed by atoms with E-state index in [0.717, 1.165) is 41.9 Å². The zero-order valence-corrected chi connectivity index (χ0v) is 11.9. The van der Waals surface area contributed by atoms with Crippen LogP contribution in [-0.4, -0.2) is 33.6 Å². The summed E-state index contributed by atoms with van der Waals surface area (Å²) < 4.78 is 1.75. The van der Waals surface area contributed by atoms with Crippen LogP contribution in [0.15, 0.2) is 0 Å². The zero-order chi connectivity index (χ0) is 12.4. The lowest BCUT2D eigenvalue weighted by Gasteiger charge is -2.31. The molecule has 0 spiro atoms. The molecular weight excluding hydrogens is 257 g/mol. The van der Waals surface area contributed by atoms with Crippen molar-refractivity contribution in [2.24, 2.45) is 13.0 Å². The van der Waals surface area contributed by atoms with Crippen LogP contribution < -0.4 is 0 Å². The molecule has 1 fully saturated rings. The van der Waals surface area contributed by atoms with E-state index in [-0.39, 0.29) is 0 Å². The van der Waals surface area contributed by atoms with Gasteiger partial charge in [-0.25, -0.2) is 0 Å². The minimum absolute atomic E-state index is 0.626. The van der Waals surface area contributed by atoms with Crippen molar-refractivity contribution in [3.05, 3.63) is 16.4 Å². The van der Waals surface area contributed by atoms with E-state index in [4.69, 9.17) is 23.2 Å². The van der Waals surface area contributed by atoms with Crippen LogP contribution in [0.25, 0.3) is 0 Å². The van der Waals surface area contributed by atoms with Crippen LogP contribution in [0.1, 0.15) is 24.1 Å². The van der Waals surface area contributed by atoms with Crippen molar-refractivity contribution in [2.75, 3.05) is 19.0 Å². The number of nitrogens with zero attached hydrogens (tertiary/aromatic N) is 3. The van der Waals surface area contributed by atoms with E-state index >= 15 is 0 Å². The molecule has 17 heavy (non-hydrogen) atoms. The molecule has 2 heterocycles. The van der Waals surface area contributed by atoms with Gasteiger partial charge in [0.15, 0.2) is 0 Å². The summed E-state index contributed by atoms with van der Waals surface area (Å²) in [4.78, 5) is 2.44. The second-order valence-corrected chi connectivity index (χ2v) is 5.54. The lowest BCUT2D eigenvalue weighted by molar-refractivity contribution is 0.178. The smallest absolute Gasteiger partial charge is 0.131 e. The molecule has 1 unspecified atom stereocenters. The number of piperidine rings is 1. The molecule has 1 aromatic heterocycles. The molecule has 0 aliphatic carbocycles. The van der Waals surface area contributed by atoms with Crippen LogP contribution >= 0.6 is 23.2 Å². The highest BCUT2D eigenvalue weighted by molar-refractivity contribution is 6.30. The van der Waals surface area contributed by atoms with E-state index in [9.17, 15) is 0 Å². The van der Waals surface area contributed by atoms with Gasteiger partial charge in [0.25, 0.3) is 0 Å². The molecule has 5 heteroatoms. The number of hydrogen-bond donors (Lipinski definition) is 0. The summed E-state index contributed by atoms with van der Waals surface area (Å²) in [7, 11) is 1.89. The van der Waals surface area contributed by atoms with Gasteiger partial charge in [-0.2, -0.15) is 5.10 Å². The van der Waals surface area contributed by atoms with Crippen LogP contribution in [0.5, 0.6) is 0 Å². The lowest BCUT2D eigenvalue weighted by Crippen LogP contribution is -2.35. The Morgan fingerprint density at radius 1 is 1.47 bits per heavy atom. The maximum Gasteiger partial charge on any atom is 0.131 e. The number of likely N-dealkylation sites (tertiary alicyclic amines) is 1. The molecule has 0 saturated carbocycles. The minimum atomic E-state index is 0.626. The molecule has 0 aromatic carbocycles.